The van der Waals surface area contributed by atoms with E-state index in [0.717, 1.165) is 32.8 Å². The van der Waals surface area contributed by atoms with E-state index in [4.69, 9.17) is 0 Å². The van der Waals surface area contributed by atoms with Gasteiger partial charge in [0.15, 0.2) is 4.34 Å². The van der Waals surface area contributed by atoms with Crippen molar-refractivity contribution in [3.8, 4) is 11.1 Å². The zero-order valence-corrected chi connectivity index (χ0v) is 15.4. The van der Waals surface area contributed by atoms with Crippen molar-refractivity contribution in [2.24, 2.45) is 0 Å². The van der Waals surface area contributed by atoms with Gasteiger partial charge < -0.3 is 10.6 Å². The van der Waals surface area contributed by atoms with E-state index in [2.05, 4.69) is 20.8 Å². The lowest BCUT2D eigenvalue weighted by Gasteiger charge is -2.10. The fraction of sp³-hybridized carbons (Fsp3) is 0.167. The molecule has 0 aliphatic carbocycles. The number of carbonyl (C=O) groups excluding carboxylic acids is 1. The van der Waals surface area contributed by atoms with Gasteiger partial charge in [-0.3, -0.25) is 4.79 Å². The number of anilines is 2. The first kappa shape index (κ1) is 17.4. The lowest BCUT2D eigenvalue weighted by atomic mass is 10.0. The predicted octanol–water partition coefficient (Wildman–Crippen LogP) is 4.37. The Kier molecular flexibility index (Phi) is 6.03. The van der Waals surface area contributed by atoms with Crippen LogP contribution in [-0.2, 0) is 4.79 Å². The molecule has 25 heavy (non-hydrogen) atoms. The van der Waals surface area contributed by atoms with Crippen molar-refractivity contribution in [1.82, 2.24) is 10.2 Å². The minimum absolute atomic E-state index is 0.0615. The number of carbonyl (C=O) groups is 1. The lowest BCUT2D eigenvalue weighted by Crippen LogP contribution is -2.14. The van der Waals surface area contributed by atoms with Crippen LogP contribution >= 0.6 is 23.1 Å². The second-order valence-corrected chi connectivity index (χ2v) is 7.35. The summed E-state index contributed by atoms with van der Waals surface area (Å²) in [4.78, 5) is 12.3. The summed E-state index contributed by atoms with van der Waals surface area (Å²) in [5.74, 6) is 0.234. The number of aromatic nitrogens is 2. The van der Waals surface area contributed by atoms with Gasteiger partial charge in [-0.15, -0.1) is 10.2 Å². The van der Waals surface area contributed by atoms with Crippen molar-refractivity contribution in [2.45, 2.75) is 11.3 Å². The van der Waals surface area contributed by atoms with E-state index in [0.29, 0.717) is 5.75 Å². The van der Waals surface area contributed by atoms with Gasteiger partial charge in [0.1, 0.15) is 0 Å². The van der Waals surface area contributed by atoms with Gasteiger partial charge in [-0.1, -0.05) is 71.6 Å². The summed E-state index contributed by atoms with van der Waals surface area (Å²) in [6.07, 6.45) is 0. The number of nitrogens with one attached hydrogen (secondary N) is 2. The molecule has 0 spiro atoms. The van der Waals surface area contributed by atoms with Crippen molar-refractivity contribution >= 4 is 39.8 Å². The molecule has 0 aliphatic heterocycles. The van der Waals surface area contributed by atoms with E-state index < -0.39 is 0 Å². The van der Waals surface area contributed by atoms with Crippen LogP contribution in [0.3, 0.4) is 0 Å². The fourth-order valence-corrected chi connectivity index (χ4v) is 3.89. The molecule has 0 saturated heterocycles. The number of amides is 1. The van der Waals surface area contributed by atoms with Gasteiger partial charge in [0.2, 0.25) is 11.0 Å². The first-order valence-corrected chi connectivity index (χ1v) is 9.71. The Hall–Kier alpha value is -2.38. The first-order valence-electron chi connectivity index (χ1n) is 7.90. The van der Waals surface area contributed by atoms with E-state index in [1.807, 2.05) is 61.5 Å². The van der Waals surface area contributed by atoms with E-state index in [-0.39, 0.29) is 5.91 Å². The smallest absolute Gasteiger partial charge is 0.234 e. The molecular formula is C18H18N4OS2. The maximum absolute atomic E-state index is 12.3. The Labute approximate surface area is 154 Å². The molecule has 0 unspecified atom stereocenters. The van der Waals surface area contributed by atoms with Gasteiger partial charge in [-0.05, 0) is 18.6 Å². The largest absolute Gasteiger partial charge is 0.360 e. The Morgan fingerprint density at radius 3 is 2.64 bits per heavy atom. The van der Waals surface area contributed by atoms with Crippen LogP contribution in [0, 0.1) is 0 Å². The van der Waals surface area contributed by atoms with E-state index in [9.17, 15) is 4.79 Å². The Bertz CT molecular complexity index is 836. The van der Waals surface area contributed by atoms with Crippen molar-refractivity contribution in [3.05, 3.63) is 54.6 Å². The van der Waals surface area contributed by atoms with Crippen LogP contribution in [0.5, 0.6) is 0 Å². The van der Waals surface area contributed by atoms with Gasteiger partial charge in [0.25, 0.3) is 0 Å². The van der Waals surface area contributed by atoms with Crippen LogP contribution in [0.4, 0.5) is 10.8 Å². The van der Waals surface area contributed by atoms with Crippen LogP contribution in [0.1, 0.15) is 6.92 Å². The quantitative estimate of drug-likeness (QED) is 0.605. The van der Waals surface area contributed by atoms with Crippen LogP contribution in [0.2, 0.25) is 0 Å². The number of hydrogen-bond acceptors (Lipinski definition) is 6. The maximum atomic E-state index is 12.3. The topological polar surface area (TPSA) is 66.9 Å². The van der Waals surface area contributed by atoms with Crippen molar-refractivity contribution in [2.75, 3.05) is 22.9 Å². The van der Waals surface area contributed by atoms with Gasteiger partial charge in [0.05, 0.1) is 5.75 Å². The monoisotopic (exact) mass is 370 g/mol. The minimum Gasteiger partial charge on any atom is -0.360 e. The van der Waals surface area contributed by atoms with Gasteiger partial charge in [-0.25, -0.2) is 0 Å². The zero-order chi connectivity index (χ0) is 17.5. The summed E-state index contributed by atoms with van der Waals surface area (Å²) in [5, 5.41) is 15.0. The molecular weight excluding hydrogens is 352 g/mol. The summed E-state index contributed by atoms with van der Waals surface area (Å²) in [5.41, 5.74) is 2.89. The number of benzene rings is 2. The molecule has 0 fully saturated rings. The highest BCUT2D eigenvalue weighted by molar-refractivity contribution is 8.01. The number of hydrogen-bond donors (Lipinski definition) is 2. The predicted molar refractivity (Wildman–Crippen MR) is 105 cm³/mol. The third-order valence-corrected chi connectivity index (χ3v) is 5.36. The molecule has 128 valence electrons. The molecule has 7 heteroatoms. The molecule has 3 aromatic rings. The third-order valence-electron chi connectivity index (χ3n) is 3.35. The third kappa shape index (κ3) is 4.80. The molecule has 0 radical (unpaired) electrons. The molecule has 0 saturated carbocycles. The molecule has 3 rings (SSSR count). The van der Waals surface area contributed by atoms with Crippen LogP contribution in [-0.4, -0.2) is 28.4 Å². The SMILES string of the molecule is CCNc1nnc(SCC(=O)Nc2ccccc2-c2ccccc2)s1. The first-order chi connectivity index (χ1) is 12.3. The normalized spacial score (nSPS) is 10.4. The molecule has 2 aromatic carbocycles. The zero-order valence-electron chi connectivity index (χ0n) is 13.7. The minimum atomic E-state index is -0.0615. The molecule has 5 nitrogen and oxygen atoms in total. The molecule has 0 bridgehead atoms. The standard InChI is InChI=1S/C18H18N4OS2/c1-2-19-17-21-22-18(25-17)24-12-16(23)20-15-11-7-6-10-14(15)13-8-4-3-5-9-13/h3-11H,2,12H2,1H3,(H,19,21)(H,20,23). The maximum Gasteiger partial charge on any atom is 0.234 e. The van der Waals surface area contributed by atoms with Gasteiger partial charge in [0, 0.05) is 17.8 Å². The molecule has 1 aromatic heterocycles. The summed E-state index contributed by atoms with van der Waals surface area (Å²) in [6.45, 7) is 2.81. The molecule has 1 amide bonds. The average Bonchev–Trinajstić information content (AvgIpc) is 3.09. The summed E-state index contributed by atoms with van der Waals surface area (Å²) in [6, 6.07) is 17.8. The highest BCUT2D eigenvalue weighted by Gasteiger charge is 2.10. The number of nitrogens with zero attached hydrogens (tertiary/aromatic N) is 2. The van der Waals surface area contributed by atoms with E-state index in [1.165, 1.54) is 23.1 Å². The van der Waals surface area contributed by atoms with Crippen molar-refractivity contribution in [1.29, 1.82) is 0 Å². The van der Waals surface area contributed by atoms with Gasteiger partial charge in [-0.2, -0.15) is 0 Å². The molecule has 0 aliphatic rings. The number of para-hydroxylation sites is 1. The Morgan fingerprint density at radius 1 is 1.08 bits per heavy atom. The molecule has 2 N–H and O–H groups in total. The van der Waals surface area contributed by atoms with Crippen LogP contribution < -0.4 is 10.6 Å². The van der Waals surface area contributed by atoms with Crippen molar-refractivity contribution in [3.63, 3.8) is 0 Å². The van der Waals surface area contributed by atoms with E-state index >= 15 is 0 Å². The molecule has 0 atom stereocenters. The number of rotatable bonds is 7. The second-order valence-electron chi connectivity index (χ2n) is 5.15. The fourth-order valence-electron chi connectivity index (χ4n) is 2.27. The second kappa shape index (κ2) is 8.64. The van der Waals surface area contributed by atoms with Crippen LogP contribution in [0.15, 0.2) is 58.9 Å². The Morgan fingerprint density at radius 2 is 1.84 bits per heavy atom. The van der Waals surface area contributed by atoms with E-state index in [1.54, 1.807) is 0 Å². The Balaban J connectivity index is 1.63. The lowest BCUT2D eigenvalue weighted by molar-refractivity contribution is -0.113. The average molecular weight is 371 g/mol. The summed E-state index contributed by atoms with van der Waals surface area (Å²) in [7, 11) is 0. The summed E-state index contributed by atoms with van der Waals surface area (Å²) < 4.78 is 0.780. The highest BCUT2D eigenvalue weighted by atomic mass is 32.2. The highest BCUT2D eigenvalue weighted by Crippen LogP contribution is 2.29. The molecule has 1 heterocycles. The summed E-state index contributed by atoms with van der Waals surface area (Å²) >= 11 is 2.84. The number of thioether (sulfide) groups is 1. The van der Waals surface area contributed by atoms with Crippen molar-refractivity contribution < 1.29 is 4.79 Å². The van der Waals surface area contributed by atoms with Gasteiger partial charge >= 0.3 is 0 Å². The van der Waals surface area contributed by atoms with Crippen LogP contribution in [0.25, 0.3) is 11.1 Å².